The fourth-order valence-electron chi connectivity index (χ4n) is 2.38. The third-order valence-corrected chi connectivity index (χ3v) is 3.88. The molecule has 2 aromatic carbocycles. The van der Waals surface area contributed by atoms with Crippen LogP contribution in [-0.4, -0.2) is 0 Å². The lowest BCUT2D eigenvalue weighted by Gasteiger charge is -2.02. The van der Waals surface area contributed by atoms with Crippen LogP contribution in [0.15, 0.2) is 63.5 Å². The largest absolute Gasteiger partial charge is 0.540 e. The van der Waals surface area contributed by atoms with Gasteiger partial charge in [0.15, 0.2) is 0 Å². The lowest BCUT2D eigenvalue weighted by Crippen LogP contribution is -2.35. The number of hydrogen-bond donors (Lipinski definition) is 0. The topological polar surface area (TPSA) is 40.1 Å². The fraction of sp³-hybridized carbons (Fsp3) is 0.118. The minimum atomic E-state index is -0.307. The Morgan fingerprint density at radius 1 is 1.00 bits per heavy atom. The summed E-state index contributed by atoms with van der Waals surface area (Å²) in [5, 5.41) is 12.3. The zero-order valence-electron chi connectivity index (χ0n) is 11.5. The van der Waals surface area contributed by atoms with Crippen molar-refractivity contribution in [2.75, 3.05) is 0 Å². The lowest BCUT2D eigenvalue weighted by molar-refractivity contribution is -0.675. The molecule has 0 saturated heterocycles. The second kappa shape index (κ2) is 5.74. The van der Waals surface area contributed by atoms with Crippen molar-refractivity contribution in [3.05, 3.63) is 59.1 Å². The van der Waals surface area contributed by atoms with Gasteiger partial charge >= 0.3 is 0 Å². The summed E-state index contributed by atoms with van der Waals surface area (Å²) in [6.45, 7) is 2.67. The Labute approximate surface area is 131 Å². The molecular weight excluding hydrogens is 330 g/mol. The number of nitrogens with zero attached hydrogens (tertiary/aromatic N) is 1. The summed E-state index contributed by atoms with van der Waals surface area (Å²) in [7, 11) is 0. The Hall–Kier alpha value is -2.07. The van der Waals surface area contributed by atoms with E-state index in [1.165, 1.54) is 0 Å². The average molecular weight is 344 g/mol. The molecule has 106 valence electrons. The molecule has 1 heterocycles. The minimum Gasteiger partial charge on any atom is -0.540 e. The average Bonchev–Trinajstić information content (AvgIpc) is 2.85. The maximum absolute atomic E-state index is 12.3. The Morgan fingerprint density at radius 3 is 2.29 bits per heavy atom. The molecule has 0 fully saturated rings. The van der Waals surface area contributed by atoms with E-state index < -0.39 is 0 Å². The van der Waals surface area contributed by atoms with E-state index in [0.717, 1.165) is 15.6 Å². The Bertz CT molecular complexity index is 748. The Kier molecular flexibility index (Phi) is 3.80. The molecule has 0 N–H and O–H groups in total. The molecule has 3 nitrogen and oxygen atoms in total. The van der Waals surface area contributed by atoms with Gasteiger partial charge in [0.05, 0.1) is 5.56 Å². The zero-order chi connectivity index (χ0) is 14.8. The van der Waals surface area contributed by atoms with Crippen molar-refractivity contribution < 1.29 is 14.1 Å². The highest BCUT2D eigenvalue weighted by atomic mass is 79.9. The van der Waals surface area contributed by atoms with Crippen LogP contribution in [0.2, 0.25) is 0 Å². The van der Waals surface area contributed by atoms with E-state index in [0.29, 0.717) is 18.1 Å². The van der Waals surface area contributed by atoms with Gasteiger partial charge in [-0.2, -0.15) is 4.57 Å². The first kappa shape index (κ1) is 13.9. The molecular formula is C17H14BrNO2. The van der Waals surface area contributed by atoms with Crippen LogP contribution in [-0.2, 0) is 6.54 Å². The summed E-state index contributed by atoms with van der Waals surface area (Å²) < 4.78 is 8.40. The van der Waals surface area contributed by atoms with Gasteiger partial charge in [0, 0.05) is 10.0 Å². The first-order valence-electron chi connectivity index (χ1n) is 6.75. The van der Waals surface area contributed by atoms with Gasteiger partial charge in [0.2, 0.25) is 5.69 Å². The highest BCUT2D eigenvalue weighted by Gasteiger charge is 2.22. The third kappa shape index (κ3) is 2.59. The summed E-state index contributed by atoms with van der Waals surface area (Å²) in [5.41, 5.74) is 2.35. The molecule has 0 aliphatic heterocycles. The molecule has 4 heteroatoms. The number of oxazole rings is 1. The zero-order valence-corrected chi connectivity index (χ0v) is 13.1. The Morgan fingerprint density at radius 2 is 1.67 bits per heavy atom. The second-order valence-corrected chi connectivity index (χ2v) is 5.58. The summed E-state index contributed by atoms with van der Waals surface area (Å²) >= 11 is 3.41. The molecule has 0 radical (unpaired) electrons. The van der Waals surface area contributed by atoms with Gasteiger partial charge in [-0.25, -0.2) is 0 Å². The summed E-state index contributed by atoms with van der Waals surface area (Å²) in [6, 6.07) is 17.4. The van der Waals surface area contributed by atoms with Crippen LogP contribution in [0.1, 0.15) is 6.92 Å². The molecule has 1 aromatic heterocycles. The second-order valence-electron chi connectivity index (χ2n) is 4.66. The first-order chi connectivity index (χ1) is 10.2. The van der Waals surface area contributed by atoms with E-state index in [1.807, 2.05) is 66.1 Å². The monoisotopic (exact) mass is 343 g/mol. The van der Waals surface area contributed by atoms with Crippen LogP contribution < -0.4 is 9.67 Å². The minimum absolute atomic E-state index is 0.307. The first-order valence-corrected chi connectivity index (χ1v) is 7.55. The smallest absolute Gasteiger partial charge is 0.269 e. The predicted molar refractivity (Wildman–Crippen MR) is 82.6 cm³/mol. The van der Waals surface area contributed by atoms with E-state index in [4.69, 9.17) is 4.42 Å². The normalized spacial score (nSPS) is 10.8. The maximum Gasteiger partial charge on any atom is 0.269 e. The van der Waals surface area contributed by atoms with Gasteiger partial charge in [-0.05, 0) is 43.3 Å². The molecule has 21 heavy (non-hydrogen) atoms. The summed E-state index contributed by atoms with van der Waals surface area (Å²) in [6.07, 6.45) is 0. The fourth-order valence-corrected chi connectivity index (χ4v) is 2.65. The molecule has 3 rings (SSSR count). The molecule has 0 atom stereocenters. The summed E-state index contributed by atoms with van der Waals surface area (Å²) in [4.78, 5) is 0. The van der Waals surface area contributed by atoms with Crippen LogP contribution in [0.3, 0.4) is 0 Å². The van der Waals surface area contributed by atoms with Crippen molar-refractivity contribution in [2.45, 2.75) is 13.5 Å². The Balaban J connectivity index is 2.18. The van der Waals surface area contributed by atoms with E-state index in [-0.39, 0.29) is 5.95 Å². The molecule has 0 amide bonds. The molecule has 0 spiro atoms. The molecule has 0 aliphatic carbocycles. The number of benzene rings is 2. The van der Waals surface area contributed by atoms with Crippen molar-refractivity contribution in [1.29, 1.82) is 0 Å². The number of hydrogen-bond acceptors (Lipinski definition) is 2. The van der Waals surface area contributed by atoms with Gasteiger partial charge in [0.25, 0.3) is 5.89 Å². The van der Waals surface area contributed by atoms with Gasteiger partial charge in [-0.1, -0.05) is 34.1 Å². The van der Waals surface area contributed by atoms with Crippen LogP contribution >= 0.6 is 15.9 Å². The van der Waals surface area contributed by atoms with E-state index in [1.54, 1.807) is 0 Å². The van der Waals surface area contributed by atoms with Gasteiger partial charge < -0.3 is 9.52 Å². The van der Waals surface area contributed by atoms with Gasteiger partial charge in [-0.15, -0.1) is 0 Å². The molecule has 0 saturated carbocycles. The van der Waals surface area contributed by atoms with Crippen LogP contribution in [0.25, 0.3) is 22.7 Å². The van der Waals surface area contributed by atoms with Crippen LogP contribution in [0.5, 0.6) is 5.95 Å². The van der Waals surface area contributed by atoms with Gasteiger partial charge in [0.1, 0.15) is 12.5 Å². The molecule has 0 unspecified atom stereocenters. The van der Waals surface area contributed by atoms with Gasteiger partial charge in [-0.3, -0.25) is 0 Å². The van der Waals surface area contributed by atoms with Crippen molar-refractivity contribution in [3.8, 4) is 28.7 Å². The maximum atomic E-state index is 12.3. The van der Waals surface area contributed by atoms with Crippen molar-refractivity contribution in [2.24, 2.45) is 0 Å². The van der Waals surface area contributed by atoms with Crippen LogP contribution in [0.4, 0.5) is 0 Å². The quantitative estimate of drug-likeness (QED) is 0.679. The number of aromatic nitrogens is 1. The lowest BCUT2D eigenvalue weighted by atomic mass is 10.1. The SMILES string of the molecule is CC[n+]1c(-c2ccccc2)oc([O-])c1-c1ccc(Br)cc1. The third-order valence-electron chi connectivity index (χ3n) is 3.35. The van der Waals surface area contributed by atoms with Crippen molar-refractivity contribution in [1.82, 2.24) is 0 Å². The van der Waals surface area contributed by atoms with Crippen molar-refractivity contribution >= 4 is 15.9 Å². The van der Waals surface area contributed by atoms with E-state index in [9.17, 15) is 5.11 Å². The van der Waals surface area contributed by atoms with E-state index >= 15 is 0 Å². The molecule has 3 aromatic rings. The van der Waals surface area contributed by atoms with E-state index in [2.05, 4.69) is 15.9 Å². The predicted octanol–water partition coefficient (Wildman–Crippen LogP) is 3.76. The summed E-state index contributed by atoms with van der Waals surface area (Å²) in [5.74, 6) is 0.291. The molecule has 0 aliphatic rings. The number of rotatable bonds is 3. The van der Waals surface area contributed by atoms with Crippen LogP contribution in [0, 0.1) is 0 Å². The highest BCUT2D eigenvalue weighted by molar-refractivity contribution is 9.10. The van der Waals surface area contributed by atoms with Crippen molar-refractivity contribution in [3.63, 3.8) is 0 Å². The molecule has 0 bridgehead atoms. The standard InChI is InChI=1S/C17H14BrNO2/c1-2-19-15(12-8-10-14(18)11-9-12)17(20)21-16(19)13-6-4-3-5-7-13/h3-11H,2H2,1H3. The highest BCUT2D eigenvalue weighted by Crippen LogP contribution is 2.30. The number of halogens is 1.